The summed E-state index contributed by atoms with van der Waals surface area (Å²) in [5, 5.41) is 0. The van der Waals surface area contributed by atoms with E-state index in [9.17, 15) is 4.57 Å². The maximum Gasteiger partial charge on any atom is 3.00 e. The van der Waals surface area contributed by atoms with Gasteiger partial charge in [-0.15, -0.1) is 9.05 Å². The van der Waals surface area contributed by atoms with Gasteiger partial charge in [-0.2, -0.15) is 0 Å². The molecule has 0 amide bonds. The molecule has 5 heteroatoms. The van der Waals surface area contributed by atoms with Crippen molar-refractivity contribution in [3.05, 3.63) is 0 Å². The Labute approximate surface area is 127 Å². The predicted octanol–water partition coefficient (Wildman–Crippen LogP) is 4.06. The summed E-state index contributed by atoms with van der Waals surface area (Å²) in [7, 11) is -1.86. The molecule has 0 bridgehead atoms. The molecule has 0 unspecified atom stereocenters. The summed E-state index contributed by atoms with van der Waals surface area (Å²) < 4.78 is 21.1. The van der Waals surface area contributed by atoms with Crippen molar-refractivity contribution in [2.75, 3.05) is 13.2 Å². The Hall–Kier alpha value is 1.37. The fourth-order valence-corrected chi connectivity index (χ4v) is 1.65. The fourth-order valence-electron chi connectivity index (χ4n) is 1.02. The molecule has 0 N–H and O–H groups in total. The second-order valence-electron chi connectivity index (χ2n) is 3.30. The topological polar surface area (TPSA) is 35.5 Å². The first-order valence-corrected chi connectivity index (χ1v) is 6.63. The SMILES string of the molecule is CCCCCO[P+](=O)OCCCCC.[Nd+3]. The standard InChI is InChI=1S/C10H22O3P.Nd/c1-3-5-7-9-12-14(11)13-10-8-6-4-2;/h3-10H2,1-2H3;/q+1;+3. The summed E-state index contributed by atoms with van der Waals surface area (Å²) in [4.78, 5) is 0. The molecule has 0 aliphatic rings. The number of rotatable bonds is 10. The molecule has 0 aliphatic carbocycles. The van der Waals surface area contributed by atoms with Crippen molar-refractivity contribution >= 4 is 8.25 Å². The van der Waals surface area contributed by atoms with Crippen LogP contribution in [0.5, 0.6) is 0 Å². The molecule has 85 valence electrons. The van der Waals surface area contributed by atoms with E-state index in [4.69, 9.17) is 9.05 Å². The van der Waals surface area contributed by atoms with Crippen LogP contribution in [0.1, 0.15) is 52.4 Å². The first-order chi connectivity index (χ1) is 6.81. The van der Waals surface area contributed by atoms with E-state index in [2.05, 4.69) is 13.8 Å². The van der Waals surface area contributed by atoms with Crippen molar-refractivity contribution in [2.24, 2.45) is 0 Å². The average Bonchev–Trinajstić information content (AvgIpc) is 2.19. The van der Waals surface area contributed by atoms with E-state index in [0.29, 0.717) is 13.2 Å². The van der Waals surface area contributed by atoms with Gasteiger partial charge in [0.2, 0.25) is 0 Å². The van der Waals surface area contributed by atoms with Gasteiger partial charge in [-0.1, -0.05) is 39.5 Å². The maximum absolute atomic E-state index is 11.1. The van der Waals surface area contributed by atoms with Crippen LogP contribution in [0.2, 0.25) is 0 Å². The van der Waals surface area contributed by atoms with E-state index in [1.165, 1.54) is 0 Å². The Morgan fingerprint density at radius 2 is 1.27 bits per heavy atom. The van der Waals surface area contributed by atoms with Crippen LogP contribution in [0.15, 0.2) is 0 Å². The van der Waals surface area contributed by atoms with Crippen LogP contribution >= 0.6 is 8.25 Å². The number of unbranched alkanes of at least 4 members (excludes halogenated alkanes) is 4. The van der Waals surface area contributed by atoms with Gasteiger partial charge < -0.3 is 0 Å². The third-order valence-electron chi connectivity index (χ3n) is 1.89. The van der Waals surface area contributed by atoms with Crippen molar-refractivity contribution in [1.29, 1.82) is 0 Å². The zero-order valence-corrected chi connectivity index (χ0v) is 13.9. The minimum Gasteiger partial charge on any atom is -0.119 e. The molecule has 0 aromatic rings. The monoisotopic (exact) mass is 363 g/mol. The van der Waals surface area contributed by atoms with Crippen LogP contribution in [0.25, 0.3) is 0 Å². The minimum absolute atomic E-state index is 0. The molecule has 0 aromatic heterocycles. The smallest absolute Gasteiger partial charge is 0.119 e. The first kappa shape index (κ1) is 18.7. The second-order valence-corrected chi connectivity index (χ2v) is 4.27. The summed E-state index contributed by atoms with van der Waals surface area (Å²) in [6.07, 6.45) is 6.48. The van der Waals surface area contributed by atoms with Crippen LogP contribution in [0.3, 0.4) is 0 Å². The van der Waals surface area contributed by atoms with Gasteiger partial charge in [0.05, 0.1) is 0 Å². The normalized spacial score (nSPS) is 9.73. The molecule has 0 aliphatic heterocycles. The van der Waals surface area contributed by atoms with E-state index in [-0.39, 0.29) is 40.8 Å². The zero-order chi connectivity index (χ0) is 10.6. The summed E-state index contributed by atoms with van der Waals surface area (Å²) in [5.41, 5.74) is 0. The Kier molecular flexibility index (Phi) is 19.2. The Morgan fingerprint density at radius 3 is 1.60 bits per heavy atom. The van der Waals surface area contributed by atoms with E-state index >= 15 is 0 Å². The van der Waals surface area contributed by atoms with Crippen molar-refractivity contribution in [2.45, 2.75) is 52.4 Å². The van der Waals surface area contributed by atoms with Gasteiger partial charge in [0.15, 0.2) is 0 Å². The molecule has 3 nitrogen and oxygen atoms in total. The summed E-state index contributed by atoms with van der Waals surface area (Å²) >= 11 is 0. The molecule has 0 fully saturated rings. The molecule has 1 radical (unpaired) electrons. The van der Waals surface area contributed by atoms with Crippen LogP contribution in [0, 0.1) is 40.8 Å². The Bertz CT molecular complexity index is 131. The molecule has 15 heavy (non-hydrogen) atoms. The number of hydrogen-bond acceptors (Lipinski definition) is 3. The average molecular weight is 365 g/mol. The van der Waals surface area contributed by atoms with Gasteiger partial charge in [0.1, 0.15) is 13.2 Å². The van der Waals surface area contributed by atoms with Gasteiger partial charge in [-0.05, 0) is 12.8 Å². The summed E-state index contributed by atoms with van der Waals surface area (Å²) in [6, 6.07) is 0. The molecule has 0 saturated heterocycles. The molecule has 0 heterocycles. The van der Waals surface area contributed by atoms with Crippen molar-refractivity contribution in [3.63, 3.8) is 0 Å². The van der Waals surface area contributed by atoms with Crippen LogP contribution in [0.4, 0.5) is 0 Å². The van der Waals surface area contributed by atoms with Gasteiger partial charge in [-0.3, -0.25) is 0 Å². The van der Waals surface area contributed by atoms with Gasteiger partial charge in [0, 0.05) is 4.57 Å². The third-order valence-corrected chi connectivity index (χ3v) is 2.68. The quantitative estimate of drug-likeness (QED) is 0.433. The molecule has 0 atom stereocenters. The zero-order valence-electron chi connectivity index (χ0n) is 9.83. The van der Waals surface area contributed by atoms with E-state index in [1.807, 2.05) is 0 Å². The van der Waals surface area contributed by atoms with Gasteiger partial charge in [-0.25, -0.2) is 0 Å². The van der Waals surface area contributed by atoms with Gasteiger partial charge in [0.25, 0.3) is 0 Å². The van der Waals surface area contributed by atoms with Crippen LogP contribution < -0.4 is 0 Å². The van der Waals surface area contributed by atoms with E-state index in [1.54, 1.807) is 0 Å². The minimum atomic E-state index is -1.86. The number of hydrogen-bond donors (Lipinski definition) is 0. The Morgan fingerprint density at radius 1 is 0.867 bits per heavy atom. The summed E-state index contributed by atoms with van der Waals surface area (Å²) in [6.45, 7) is 5.36. The van der Waals surface area contributed by atoms with Crippen LogP contribution in [-0.4, -0.2) is 13.2 Å². The maximum atomic E-state index is 11.1. The molecule has 0 aromatic carbocycles. The third kappa shape index (κ3) is 15.4. The summed E-state index contributed by atoms with van der Waals surface area (Å²) in [5.74, 6) is 0. The molecular weight excluding hydrogens is 343 g/mol. The first-order valence-electron chi connectivity index (χ1n) is 5.54. The van der Waals surface area contributed by atoms with Crippen molar-refractivity contribution < 1.29 is 54.5 Å². The molecule has 0 spiro atoms. The predicted molar refractivity (Wildman–Crippen MR) is 58.6 cm³/mol. The Balaban J connectivity index is 0. The molecule has 0 saturated carbocycles. The second kappa shape index (κ2) is 15.4. The van der Waals surface area contributed by atoms with Crippen molar-refractivity contribution in [1.82, 2.24) is 0 Å². The van der Waals surface area contributed by atoms with Crippen LogP contribution in [-0.2, 0) is 13.6 Å². The van der Waals surface area contributed by atoms with E-state index in [0.717, 1.165) is 38.5 Å². The van der Waals surface area contributed by atoms with E-state index < -0.39 is 8.25 Å². The van der Waals surface area contributed by atoms with Crippen molar-refractivity contribution in [3.8, 4) is 0 Å². The van der Waals surface area contributed by atoms with Gasteiger partial charge >= 0.3 is 49.1 Å². The molecular formula is C10H22NdO3P+4. The fraction of sp³-hybridized carbons (Fsp3) is 1.00. The largest absolute Gasteiger partial charge is 3.00 e. The molecule has 0 rings (SSSR count).